The van der Waals surface area contributed by atoms with Crippen molar-refractivity contribution in [2.24, 2.45) is 5.92 Å². The maximum absolute atomic E-state index is 12.9. The summed E-state index contributed by atoms with van der Waals surface area (Å²) in [6, 6.07) is 20.7. The van der Waals surface area contributed by atoms with Crippen LogP contribution in [0.3, 0.4) is 0 Å². The molecule has 0 heterocycles. The highest BCUT2D eigenvalue weighted by atomic mass is 79.9. The monoisotopic (exact) mass is 603 g/mol. The summed E-state index contributed by atoms with van der Waals surface area (Å²) in [7, 11) is -2.12. The van der Waals surface area contributed by atoms with E-state index in [1.165, 1.54) is 16.4 Å². The Morgan fingerprint density at radius 3 is 2.35 bits per heavy atom. The lowest BCUT2D eigenvalue weighted by atomic mass is 10.1. The third-order valence-electron chi connectivity index (χ3n) is 5.44. The van der Waals surface area contributed by atoms with E-state index in [2.05, 4.69) is 40.4 Å². The Morgan fingerprint density at radius 2 is 1.73 bits per heavy atom. The van der Waals surface area contributed by atoms with Crippen molar-refractivity contribution in [1.29, 1.82) is 0 Å². The molecule has 0 bridgehead atoms. The lowest BCUT2D eigenvalue weighted by molar-refractivity contribution is 0.0977. The molecule has 0 aromatic heterocycles. The van der Waals surface area contributed by atoms with Crippen LogP contribution in [-0.2, 0) is 16.6 Å². The van der Waals surface area contributed by atoms with Gasteiger partial charge >= 0.3 is 0 Å². The molecule has 3 aromatic carbocycles. The molecule has 0 atom stereocenters. The molecule has 0 aliphatic rings. The SMILES string of the molecule is CC(C)CCOc1ccc(C(=O)NC(=S)Nc2ccc(S(=O)(=O)N(C)Cc3ccccc3)cc2)cc1Br. The average molecular weight is 605 g/mol. The molecular formula is C27H30BrN3O4S2. The van der Waals surface area contributed by atoms with Gasteiger partial charge in [-0.15, -0.1) is 0 Å². The van der Waals surface area contributed by atoms with E-state index in [1.807, 2.05) is 30.3 Å². The van der Waals surface area contributed by atoms with Crippen LogP contribution in [0.15, 0.2) is 82.2 Å². The van der Waals surface area contributed by atoms with Crippen LogP contribution in [-0.4, -0.2) is 37.4 Å². The minimum Gasteiger partial charge on any atom is -0.492 e. The Hall–Kier alpha value is -2.79. The van der Waals surface area contributed by atoms with Gasteiger partial charge in [-0.05, 0) is 88.5 Å². The number of thiocarbonyl (C=S) groups is 1. The van der Waals surface area contributed by atoms with Crippen molar-refractivity contribution < 1.29 is 17.9 Å². The number of anilines is 1. The maximum Gasteiger partial charge on any atom is 0.257 e. The number of ether oxygens (including phenoxy) is 1. The molecule has 37 heavy (non-hydrogen) atoms. The van der Waals surface area contributed by atoms with Gasteiger partial charge in [0.15, 0.2) is 5.11 Å². The first-order valence-corrected chi connectivity index (χ1v) is 14.4. The molecule has 10 heteroatoms. The van der Waals surface area contributed by atoms with E-state index in [0.29, 0.717) is 34.0 Å². The van der Waals surface area contributed by atoms with Gasteiger partial charge in [0.1, 0.15) is 5.75 Å². The van der Waals surface area contributed by atoms with Crippen molar-refractivity contribution in [2.45, 2.75) is 31.7 Å². The van der Waals surface area contributed by atoms with Crippen molar-refractivity contribution in [2.75, 3.05) is 19.0 Å². The maximum atomic E-state index is 12.9. The molecule has 1 amide bonds. The summed E-state index contributed by atoms with van der Waals surface area (Å²) in [4.78, 5) is 12.8. The number of rotatable bonds is 10. The van der Waals surface area contributed by atoms with Crippen molar-refractivity contribution in [3.8, 4) is 5.75 Å². The smallest absolute Gasteiger partial charge is 0.257 e. The number of hydrogen-bond acceptors (Lipinski definition) is 5. The van der Waals surface area contributed by atoms with E-state index < -0.39 is 10.0 Å². The quantitative estimate of drug-likeness (QED) is 0.284. The Bertz CT molecular complexity index is 1330. The predicted molar refractivity (Wildman–Crippen MR) is 154 cm³/mol. The number of sulfonamides is 1. The highest BCUT2D eigenvalue weighted by Crippen LogP contribution is 2.26. The third-order valence-corrected chi connectivity index (χ3v) is 8.08. The Balaban J connectivity index is 1.56. The number of benzene rings is 3. The van der Waals surface area contributed by atoms with Crippen LogP contribution in [0.4, 0.5) is 5.69 Å². The molecule has 7 nitrogen and oxygen atoms in total. The Labute approximate surface area is 232 Å². The predicted octanol–water partition coefficient (Wildman–Crippen LogP) is 5.82. The van der Waals surface area contributed by atoms with E-state index in [9.17, 15) is 13.2 Å². The van der Waals surface area contributed by atoms with Gasteiger partial charge in [0, 0.05) is 24.8 Å². The summed E-state index contributed by atoms with van der Waals surface area (Å²) in [5.41, 5.74) is 1.86. The van der Waals surface area contributed by atoms with Crippen molar-refractivity contribution in [3.05, 3.63) is 88.4 Å². The standard InChI is InChI=1S/C27H30BrN3O4S2/c1-19(2)15-16-35-25-14-9-21(17-24(25)28)26(32)30-27(36)29-22-10-12-23(13-11-22)37(33,34)31(3)18-20-7-5-4-6-8-20/h4-14,17,19H,15-16,18H2,1-3H3,(H2,29,30,32,36). The largest absolute Gasteiger partial charge is 0.492 e. The third kappa shape index (κ3) is 8.36. The summed E-state index contributed by atoms with van der Waals surface area (Å²) >= 11 is 8.72. The van der Waals surface area contributed by atoms with E-state index in [0.717, 1.165) is 12.0 Å². The second-order valence-electron chi connectivity index (χ2n) is 8.86. The molecule has 0 unspecified atom stereocenters. The number of carbonyl (C=O) groups is 1. The summed E-state index contributed by atoms with van der Waals surface area (Å²) in [5, 5.41) is 5.64. The van der Waals surface area contributed by atoms with E-state index in [4.69, 9.17) is 17.0 Å². The number of amides is 1. The van der Waals surface area contributed by atoms with Gasteiger partial charge in [-0.1, -0.05) is 44.2 Å². The van der Waals surface area contributed by atoms with Gasteiger partial charge in [0.05, 0.1) is 16.0 Å². The number of carbonyl (C=O) groups excluding carboxylic acids is 1. The molecule has 196 valence electrons. The van der Waals surface area contributed by atoms with Crippen molar-refractivity contribution in [3.63, 3.8) is 0 Å². The van der Waals surface area contributed by atoms with E-state index >= 15 is 0 Å². The molecule has 3 aromatic rings. The first-order valence-electron chi connectivity index (χ1n) is 11.7. The first-order chi connectivity index (χ1) is 17.6. The van der Waals surface area contributed by atoms with Crippen LogP contribution in [0.1, 0.15) is 36.2 Å². The lowest BCUT2D eigenvalue weighted by Gasteiger charge is -2.18. The second-order valence-corrected chi connectivity index (χ2v) is 12.2. The van der Waals surface area contributed by atoms with Gasteiger partial charge in [-0.2, -0.15) is 4.31 Å². The van der Waals surface area contributed by atoms with Gasteiger partial charge in [0.2, 0.25) is 10.0 Å². The Morgan fingerprint density at radius 1 is 1.05 bits per heavy atom. The molecule has 2 N–H and O–H groups in total. The molecule has 0 aliphatic heterocycles. The first kappa shape index (κ1) is 28.8. The number of nitrogens with zero attached hydrogens (tertiary/aromatic N) is 1. The molecule has 0 fully saturated rings. The minimum atomic E-state index is -3.67. The van der Waals surface area contributed by atoms with Gasteiger partial charge in [-0.25, -0.2) is 8.42 Å². The molecule has 0 aliphatic carbocycles. The average Bonchev–Trinajstić information content (AvgIpc) is 2.85. The molecule has 0 saturated carbocycles. The zero-order valence-electron chi connectivity index (χ0n) is 20.9. The van der Waals surface area contributed by atoms with Gasteiger partial charge < -0.3 is 10.1 Å². The van der Waals surface area contributed by atoms with Gasteiger partial charge in [-0.3, -0.25) is 10.1 Å². The normalized spacial score (nSPS) is 11.4. The fraction of sp³-hybridized carbons (Fsp3) is 0.259. The van der Waals surface area contributed by atoms with Crippen LogP contribution < -0.4 is 15.4 Å². The zero-order chi connectivity index (χ0) is 27.0. The van der Waals surface area contributed by atoms with Crippen LogP contribution in [0.5, 0.6) is 5.75 Å². The number of hydrogen-bond donors (Lipinski definition) is 2. The minimum absolute atomic E-state index is 0.0928. The summed E-state index contributed by atoms with van der Waals surface area (Å²) in [6.45, 7) is 5.12. The van der Waals surface area contributed by atoms with Crippen LogP contribution >= 0.6 is 28.1 Å². The topological polar surface area (TPSA) is 87.7 Å². The molecule has 0 saturated heterocycles. The van der Waals surface area contributed by atoms with E-state index in [1.54, 1.807) is 37.4 Å². The van der Waals surface area contributed by atoms with Crippen LogP contribution in [0.2, 0.25) is 0 Å². The molecule has 0 radical (unpaired) electrons. The summed E-state index contributed by atoms with van der Waals surface area (Å²) < 4.78 is 33.6. The van der Waals surface area contributed by atoms with Crippen LogP contribution in [0, 0.1) is 5.92 Å². The Kier molecular flexibility index (Phi) is 10.2. The fourth-order valence-electron chi connectivity index (χ4n) is 3.32. The summed E-state index contributed by atoms with van der Waals surface area (Å²) in [6.07, 6.45) is 0.936. The number of halogens is 1. The van der Waals surface area contributed by atoms with E-state index in [-0.39, 0.29) is 22.5 Å². The second kappa shape index (κ2) is 13.1. The highest BCUT2D eigenvalue weighted by molar-refractivity contribution is 9.10. The fourth-order valence-corrected chi connectivity index (χ4v) is 5.18. The molecule has 3 rings (SSSR count). The zero-order valence-corrected chi connectivity index (χ0v) is 24.1. The van der Waals surface area contributed by atoms with Crippen molar-refractivity contribution >= 4 is 54.9 Å². The molecular weight excluding hydrogens is 574 g/mol. The number of nitrogens with one attached hydrogen (secondary N) is 2. The lowest BCUT2D eigenvalue weighted by Crippen LogP contribution is -2.34. The molecule has 0 spiro atoms. The van der Waals surface area contributed by atoms with Gasteiger partial charge in [0.25, 0.3) is 5.91 Å². The van der Waals surface area contributed by atoms with Crippen molar-refractivity contribution in [1.82, 2.24) is 9.62 Å². The highest BCUT2D eigenvalue weighted by Gasteiger charge is 2.21. The van der Waals surface area contributed by atoms with Crippen LogP contribution in [0.25, 0.3) is 0 Å². The summed E-state index contributed by atoms with van der Waals surface area (Å²) in [5.74, 6) is 0.829.